The lowest BCUT2D eigenvalue weighted by molar-refractivity contribution is -0.114. The second kappa shape index (κ2) is 5.05. The van der Waals surface area contributed by atoms with Gasteiger partial charge in [0.25, 0.3) is 0 Å². The minimum absolute atomic E-state index is 0.0231. The van der Waals surface area contributed by atoms with Crippen LogP contribution in [0.2, 0.25) is 0 Å². The average Bonchev–Trinajstić information content (AvgIpc) is 2.01. The Hall–Kier alpha value is -0.960. The molecule has 1 aromatic rings. The molecular weight excluding hydrogens is 247 g/mol. The van der Waals surface area contributed by atoms with Crippen LogP contribution in [0.4, 0.5) is 4.39 Å². The summed E-state index contributed by atoms with van der Waals surface area (Å²) < 4.78 is 13.6. The van der Waals surface area contributed by atoms with Crippen LogP contribution in [0.5, 0.6) is 0 Å². The van der Waals surface area contributed by atoms with Crippen LogP contribution in [0.25, 0.3) is 0 Å². The minimum atomic E-state index is -0.331. The summed E-state index contributed by atoms with van der Waals surface area (Å²) in [7, 11) is 0. The predicted molar refractivity (Wildman–Crippen MR) is 57.6 cm³/mol. The first-order valence-corrected chi connectivity index (χ1v) is 5.01. The van der Waals surface area contributed by atoms with Gasteiger partial charge < -0.3 is 0 Å². The SMILES string of the molecule is C/C=C/C(=O)Cc1cc(F)cc(Br)c1. The molecule has 0 amide bonds. The van der Waals surface area contributed by atoms with Gasteiger partial charge in [0.1, 0.15) is 5.82 Å². The van der Waals surface area contributed by atoms with E-state index in [0.717, 1.165) is 0 Å². The number of halogens is 2. The summed E-state index contributed by atoms with van der Waals surface area (Å²) in [5.41, 5.74) is 0.681. The molecule has 1 aromatic carbocycles. The lowest BCUT2D eigenvalue weighted by atomic mass is 10.1. The van der Waals surface area contributed by atoms with E-state index in [-0.39, 0.29) is 18.0 Å². The van der Waals surface area contributed by atoms with Crippen molar-refractivity contribution in [1.29, 1.82) is 0 Å². The van der Waals surface area contributed by atoms with Crippen molar-refractivity contribution in [3.05, 3.63) is 46.2 Å². The average molecular weight is 257 g/mol. The van der Waals surface area contributed by atoms with Crippen molar-refractivity contribution >= 4 is 21.7 Å². The second-order valence-electron chi connectivity index (χ2n) is 2.92. The maximum absolute atomic E-state index is 12.9. The van der Waals surface area contributed by atoms with Gasteiger partial charge >= 0.3 is 0 Å². The van der Waals surface area contributed by atoms with E-state index in [1.165, 1.54) is 18.2 Å². The van der Waals surface area contributed by atoms with E-state index in [1.54, 1.807) is 19.1 Å². The minimum Gasteiger partial charge on any atom is -0.294 e. The molecule has 0 bridgehead atoms. The van der Waals surface area contributed by atoms with E-state index in [0.29, 0.717) is 10.0 Å². The molecule has 0 aromatic heterocycles. The molecule has 0 fully saturated rings. The van der Waals surface area contributed by atoms with Crippen molar-refractivity contribution < 1.29 is 9.18 Å². The molecule has 0 radical (unpaired) electrons. The van der Waals surface area contributed by atoms with Crippen molar-refractivity contribution in [3.8, 4) is 0 Å². The number of benzene rings is 1. The van der Waals surface area contributed by atoms with Crippen LogP contribution < -0.4 is 0 Å². The monoisotopic (exact) mass is 256 g/mol. The van der Waals surface area contributed by atoms with Gasteiger partial charge in [-0.1, -0.05) is 22.0 Å². The lowest BCUT2D eigenvalue weighted by Crippen LogP contribution is -1.98. The van der Waals surface area contributed by atoms with Crippen molar-refractivity contribution in [2.24, 2.45) is 0 Å². The number of rotatable bonds is 3. The summed E-state index contributed by atoms with van der Waals surface area (Å²) >= 11 is 3.17. The molecule has 74 valence electrons. The van der Waals surface area contributed by atoms with Gasteiger partial charge in [-0.15, -0.1) is 0 Å². The normalized spacial score (nSPS) is 10.8. The summed E-state index contributed by atoms with van der Waals surface area (Å²) in [4.78, 5) is 11.2. The Morgan fingerprint density at radius 1 is 1.50 bits per heavy atom. The standard InChI is InChI=1S/C11H10BrFO/c1-2-3-11(14)6-8-4-9(12)7-10(13)5-8/h2-5,7H,6H2,1H3/b3-2+. The van der Waals surface area contributed by atoms with Crippen LogP contribution in [-0.2, 0) is 11.2 Å². The van der Waals surface area contributed by atoms with Gasteiger partial charge in [-0.25, -0.2) is 4.39 Å². The molecule has 3 heteroatoms. The van der Waals surface area contributed by atoms with Gasteiger partial charge in [-0.05, 0) is 36.8 Å². The molecule has 0 N–H and O–H groups in total. The quantitative estimate of drug-likeness (QED) is 0.759. The summed E-state index contributed by atoms with van der Waals surface area (Å²) in [6.45, 7) is 1.78. The van der Waals surface area contributed by atoms with E-state index in [9.17, 15) is 9.18 Å². The first kappa shape index (κ1) is 11.1. The molecule has 0 atom stereocenters. The molecule has 0 aliphatic rings. The Balaban J connectivity index is 2.81. The van der Waals surface area contributed by atoms with Crippen LogP contribution in [0.3, 0.4) is 0 Å². The Bertz CT molecular complexity index is 351. The van der Waals surface area contributed by atoms with E-state index >= 15 is 0 Å². The third-order valence-corrected chi connectivity index (χ3v) is 2.11. The smallest absolute Gasteiger partial charge is 0.159 e. The molecule has 0 aliphatic carbocycles. The van der Waals surface area contributed by atoms with Crippen LogP contribution in [0.15, 0.2) is 34.8 Å². The number of hydrogen-bond acceptors (Lipinski definition) is 1. The summed E-state index contributed by atoms with van der Waals surface area (Å²) in [5, 5.41) is 0. The molecular formula is C11H10BrFO. The fraction of sp³-hybridized carbons (Fsp3) is 0.182. The van der Waals surface area contributed by atoms with Gasteiger partial charge in [0, 0.05) is 10.9 Å². The highest BCUT2D eigenvalue weighted by molar-refractivity contribution is 9.10. The van der Waals surface area contributed by atoms with Gasteiger partial charge in [0.2, 0.25) is 0 Å². The maximum Gasteiger partial charge on any atom is 0.159 e. The van der Waals surface area contributed by atoms with Crippen LogP contribution >= 0.6 is 15.9 Å². The summed E-state index contributed by atoms with van der Waals surface area (Å²) in [6, 6.07) is 4.47. The third-order valence-electron chi connectivity index (χ3n) is 1.65. The number of hydrogen-bond donors (Lipinski definition) is 0. The third kappa shape index (κ3) is 3.42. The lowest BCUT2D eigenvalue weighted by Gasteiger charge is -1.99. The number of ketones is 1. The topological polar surface area (TPSA) is 17.1 Å². The molecule has 0 heterocycles. The van der Waals surface area contributed by atoms with E-state index in [2.05, 4.69) is 15.9 Å². The Morgan fingerprint density at radius 2 is 2.21 bits per heavy atom. The number of carbonyl (C=O) groups is 1. The first-order valence-electron chi connectivity index (χ1n) is 4.22. The zero-order valence-corrected chi connectivity index (χ0v) is 9.34. The van der Waals surface area contributed by atoms with E-state index in [1.807, 2.05) is 0 Å². The van der Waals surface area contributed by atoms with E-state index in [4.69, 9.17) is 0 Å². The summed E-state index contributed by atoms with van der Waals surface area (Å²) in [5.74, 6) is -0.354. The van der Waals surface area contributed by atoms with Crippen molar-refractivity contribution in [2.75, 3.05) is 0 Å². The number of allylic oxidation sites excluding steroid dienone is 2. The molecule has 1 rings (SSSR count). The van der Waals surface area contributed by atoms with Crippen molar-refractivity contribution in [1.82, 2.24) is 0 Å². The highest BCUT2D eigenvalue weighted by Crippen LogP contribution is 2.15. The van der Waals surface area contributed by atoms with Gasteiger partial charge in [-0.3, -0.25) is 4.79 Å². The van der Waals surface area contributed by atoms with Crippen LogP contribution in [0, 0.1) is 5.82 Å². The number of carbonyl (C=O) groups excluding carboxylic acids is 1. The fourth-order valence-electron chi connectivity index (χ4n) is 1.16. The molecule has 1 nitrogen and oxygen atoms in total. The zero-order valence-electron chi connectivity index (χ0n) is 7.76. The van der Waals surface area contributed by atoms with Gasteiger partial charge in [0.05, 0.1) is 0 Å². The van der Waals surface area contributed by atoms with Gasteiger partial charge in [-0.2, -0.15) is 0 Å². The van der Waals surface area contributed by atoms with Crippen LogP contribution in [-0.4, -0.2) is 5.78 Å². The molecule has 0 saturated carbocycles. The molecule has 14 heavy (non-hydrogen) atoms. The highest BCUT2D eigenvalue weighted by atomic mass is 79.9. The van der Waals surface area contributed by atoms with Gasteiger partial charge in [0.15, 0.2) is 5.78 Å². The molecule has 0 aliphatic heterocycles. The molecule has 0 saturated heterocycles. The second-order valence-corrected chi connectivity index (χ2v) is 3.84. The Kier molecular flexibility index (Phi) is 4.01. The molecule has 0 unspecified atom stereocenters. The molecule has 0 spiro atoms. The summed E-state index contributed by atoms with van der Waals surface area (Å²) in [6.07, 6.45) is 3.40. The maximum atomic E-state index is 12.9. The Morgan fingerprint density at radius 3 is 2.79 bits per heavy atom. The first-order chi connectivity index (χ1) is 6.61. The zero-order chi connectivity index (χ0) is 10.6. The Labute approximate surface area is 90.8 Å². The van der Waals surface area contributed by atoms with Crippen LogP contribution in [0.1, 0.15) is 12.5 Å². The van der Waals surface area contributed by atoms with E-state index < -0.39 is 0 Å². The highest BCUT2D eigenvalue weighted by Gasteiger charge is 2.02. The fourth-order valence-corrected chi connectivity index (χ4v) is 1.67. The van der Waals surface area contributed by atoms with Crippen molar-refractivity contribution in [2.45, 2.75) is 13.3 Å². The largest absolute Gasteiger partial charge is 0.294 e. The predicted octanol–water partition coefficient (Wildman–Crippen LogP) is 3.28. The van der Waals surface area contributed by atoms with Crippen molar-refractivity contribution in [3.63, 3.8) is 0 Å².